The van der Waals surface area contributed by atoms with Gasteiger partial charge in [-0.05, 0) is 60.4 Å². The van der Waals surface area contributed by atoms with Crippen molar-refractivity contribution in [3.05, 3.63) is 89.7 Å². The third-order valence-electron chi connectivity index (χ3n) is 5.13. The first-order valence-corrected chi connectivity index (χ1v) is 10.3. The molecule has 0 aliphatic rings. The van der Waals surface area contributed by atoms with Crippen molar-refractivity contribution in [2.75, 3.05) is 7.11 Å². The van der Waals surface area contributed by atoms with E-state index in [4.69, 9.17) is 16.2 Å². The molecule has 0 fully saturated rings. The van der Waals surface area contributed by atoms with Crippen molar-refractivity contribution in [1.82, 2.24) is 10.3 Å². The van der Waals surface area contributed by atoms with Gasteiger partial charge in [0.2, 0.25) is 0 Å². The van der Waals surface area contributed by atoms with Gasteiger partial charge >= 0.3 is 5.97 Å². The van der Waals surface area contributed by atoms with Crippen LogP contribution in [0.4, 0.5) is 0 Å². The normalized spacial score (nSPS) is 12.0. The molecule has 172 valence electrons. The molecular formula is C25H28N4O4. The highest BCUT2D eigenvalue weighted by molar-refractivity contribution is 5.95. The molecule has 33 heavy (non-hydrogen) atoms. The van der Waals surface area contributed by atoms with Crippen LogP contribution >= 0.6 is 0 Å². The molecule has 0 spiro atoms. The molecule has 3 rings (SSSR count). The molecule has 0 aliphatic heterocycles. The Hall–Kier alpha value is -4.04. The summed E-state index contributed by atoms with van der Waals surface area (Å²) in [7, 11) is 1.00. The lowest BCUT2D eigenvalue weighted by molar-refractivity contribution is -0.142. The average molecular weight is 449 g/mol. The van der Waals surface area contributed by atoms with Crippen LogP contribution in [0.1, 0.15) is 28.4 Å². The number of nitrogens with zero attached hydrogens (tertiary/aromatic N) is 1. The fourth-order valence-electron chi connectivity index (χ4n) is 3.35. The highest BCUT2D eigenvalue weighted by Gasteiger charge is 2.27. The summed E-state index contributed by atoms with van der Waals surface area (Å²) >= 11 is 0. The number of hydrogen-bond acceptors (Lipinski definition) is 5. The summed E-state index contributed by atoms with van der Waals surface area (Å²) in [4.78, 5) is 28.5. The molecule has 6 N–H and O–H groups in total. The predicted octanol–water partition coefficient (Wildman–Crippen LogP) is 2.70. The fraction of sp³-hybridized carbons (Fsp3) is 0.200. The van der Waals surface area contributed by atoms with E-state index < -0.39 is 17.9 Å². The summed E-state index contributed by atoms with van der Waals surface area (Å²) in [6, 6.07) is 17.2. The second kappa shape index (κ2) is 12.1. The van der Waals surface area contributed by atoms with Crippen molar-refractivity contribution >= 4 is 17.7 Å². The highest BCUT2D eigenvalue weighted by Crippen LogP contribution is 2.19. The number of carboxylic acids is 1. The van der Waals surface area contributed by atoms with Crippen LogP contribution in [-0.2, 0) is 11.2 Å². The number of nitrogens with one attached hydrogen (secondary N) is 2. The van der Waals surface area contributed by atoms with E-state index in [9.17, 15) is 14.7 Å². The summed E-state index contributed by atoms with van der Waals surface area (Å²) < 4.78 is 0. The summed E-state index contributed by atoms with van der Waals surface area (Å²) in [5.74, 6) is -2.25. The quantitative estimate of drug-likeness (QED) is 0.264. The molecule has 2 atom stereocenters. The molecule has 0 saturated heterocycles. The number of hydrogen-bond donors (Lipinski definition) is 5. The van der Waals surface area contributed by atoms with E-state index in [2.05, 4.69) is 10.3 Å². The van der Waals surface area contributed by atoms with Gasteiger partial charge in [0.15, 0.2) is 0 Å². The summed E-state index contributed by atoms with van der Waals surface area (Å²) in [5, 5.41) is 27.0. The smallest absolute Gasteiger partial charge is 0.308 e. The van der Waals surface area contributed by atoms with E-state index in [1.165, 1.54) is 0 Å². The molecule has 1 aromatic heterocycles. The first-order valence-electron chi connectivity index (χ1n) is 10.3. The number of pyridine rings is 1. The first kappa shape index (κ1) is 25.2. The molecule has 8 nitrogen and oxygen atoms in total. The van der Waals surface area contributed by atoms with Gasteiger partial charge in [0.05, 0.1) is 5.92 Å². The molecule has 1 amide bonds. The van der Waals surface area contributed by atoms with E-state index in [1.807, 2.05) is 24.3 Å². The van der Waals surface area contributed by atoms with Crippen molar-refractivity contribution in [1.29, 1.82) is 5.41 Å². The maximum Gasteiger partial charge on any atom is 0.308 e. The highest BCUT2D eigenvalue weighted by atomic mass is 16.4. The van der Waals surface area contributed by atoms with Gasteiger partial charge in [-0.2, -0.15) is 0 Å². The van der Waals surface area contributed by atoms with E-state index in [0.29, 0.717) is 11.1 Å². The number of aliphatic hydroxyl groups excluding tert-OH is 1. The Morgan fingerprint density at radius 1 is 1.00 bits per heavy atom. The Morgan fingerprint density at radius 3 is 2.18 bits per heavy atom. The van der Waals surface area contributed by atoms with Crippen LogP contribution in [0.3, 0.4) is 0 Å². The number of aliphatic hydroxyl groups is 1. The molecule has 0 radical (unpaired) electrons. The molecule has 2 aromatic carbocycles. The number of aromatic nitrogens is 1. The Labute approximate surface area is 192 Å². The monoisotopic (exact) mass is 448 g/mol. The number of rotatable bonds is 8. The molecule has 0 saturated carbocycles. The van der Waals surface area contributed by atoms with Crippen molar-refractivity contribution in [2.24, 2.45) is 11.7 Å². The minimum absolute atomic E-state index is 0.0784. The maximum atomic E-state index is 12.7. The topological polar surface area (TPSA) is 149 Å². The first-order chi connectivity index (χ1) is 15.8. The van der Waals surface area contributed by atoms with Crippen molar-refractivity contribution in [2.45, 2.75) is 19.4 Å². The number of carbonyl (C=O) groups is 2. The lowest BCUT2D eigenvalue weighted by Gasteiger charge is -2.22. The van der Waals surface area contributed by atoms with Gasteiger partial charge < -0.3 is 21.3 Å². The Kier molecular flexibility index (Phi) is 9.26. The second-order valence-corrected chi connectivity index (χ2v) is 7.34. The standard InChI is InChI=1S/C24H24N4O3.CH4O/c1-15(21(24(30)31)14-16-3-2-4-20(13-16)22(25)26)28-23(29)19-7-5-17(6-8-19)18-9-11-27-12-10-18;1-2/h2-13,15,21H,14H2,1H3,(H3,25,26)(H,28,29)(H,30,31);2H,1H3/t15?,21-;/m1./s1. The Morgan fingerprint density at radius 2 is 1.61 bits per heavy atom. The number of nitrogens with two attached hydrogens (primary N) is 1. The summed E-state index contributed by atoms with van der Waals surface area (Å²) in [6.45, 7) is 1.68. The number of amides is 1. The van der Waals surface area contributed by atoms with Crippen molar-refractivity contribution < 1.29 is 19.8 Å². The number of aliphatic carboxylic acids is 1. The van der Waals surface area contributed by atoms with Crippen LogP contribution in [0.5, 0.6) is 0 Å². The fourth-order valence-corrected chi connectivity index (χ4v) is 3.35. The largest absolute Gasteiger partial charge is 0.481 e. The number of carbonyl (C=O) groups excluding carboxylic acids is 1. The van der Waals surface area contributed by atoms with Gasteiger partial charge in [0.25, 0.3) is 5.91 Å². The zero-order chi connectivity index (χ0) is 24.4. The van der Waals surface area contributed by atoms with Gasteiger partial charge in [0.1, 0.15) is 5.84 Å². The number of benzene rings is 2. The molecule has 8 heteroatoms. The molecule has 3 aromatic rings. The SMILES string of the molecule is CC(NC(=O)c1ccc(-c2ccncc2)cc1)[C@@H](Cc1cccc(C(=N)N)c1)C(=O)O.CO. The lowest BCUT2D eigenvalue weighted by Crippen LogP contribution is -2.42. The zero-order valence-corrected chi connectivity index (χ0v) is 18.5. The summed E-state index contributed by atoms with van der Waals surface area (Å²) in [5.41, 5.74) is 9.20. The molecule has 0 aliphatic carbocycles. The van der Waals surface area contributed by atoms with Gasteiger partial charge in [-0.15, -0.1) is 0 Å². The minimum Gasteiger partial charge on any atom is -0.481 e. The number of amidine groups is 1. The molecule has 1 unspecified atom stereocenters. The van der Waals surface area contributed by atoms with Crippen LogP contribution in [-0.4, -0.2) is 46.1 Å². The van der Waals surface area contributed by atoms with E-state index in [1.54, 1.807) is 55.7 Å². The third-order valence-corrected chi connectivity index (χ3v) is 5.13. The van der Waals surface area contributed by atoms with Crippen LogP contribution in [0, 0.1) is 11.3 Å². The van der Waals surface area contributed by atoms with Gasteiger partial charge in [0, 0.05) is 36.7 Å². The number of carboxylic acid groups (broad SMARTS) is 1. The average Bonchev–Trinajstić information content (AvgIpc) is 2.84. The molecule has 0 bridgehead atoms. The maximum absolute atomic E-state index is 12.7. The Bertz CT molecular complexity index is 1090. The second-order valence-electron chi connectivity index (χ2n) is 7.34. The molecular weight excluding hydrogens is 420 g/mol. The zero-order valence-electron chi connectivity index (χ0n) is 18.5. The van der Waals surface area contributed by atoms with Gasteiger partial charge in [-0.3, -0.25) is 20.0 Å². The van der Waals surface area contributed by atoms with E-state index in [0.717, 1.165) is 23.8 Å². The van der Waals surface area contributed by atoms with Gasteiger partial charge in [-0.1, -0.05) is 30.3 Å². The van der Waals surface area contributed by atoms with Crippen LogP contribution in [0.15, 0.2) is 73.1 Å². The van der Waals surface area contributed by atoms with Crippen LogP contribution < -0.4 is 11.1 Å². The molecule has 1 heterocycles. The lowest BCUT2D eigenvalue weighted by atomic mass is 9.92. The Balaban J connectivity index is 0.00000187. The predicted molar refractivity (Wildman–Crippen MR) is 127 cm³/mol. The number of nitrogen functional groups attached to an aromatic ring is 1. The van der Waals surface area contributed by atoms with E-state index in [-0.39, 0.29) is 18.2 Å². The van der Waals surface area contributed by atoms with Crippen LogP contribution in [0.2, 0.25) is 0 Å². The van der Waals surface area contributed by atoms with Crippen LogP contribution in [0.25, 0.3) is 11.1 Å². The van der Waals surface area contributed by atoms with Gasteiger partial charge in [-0.25, -0.2) is 0 Å². The van der Waals surface area contributed by atoms with E-state index >= 15 is 0 Å². The van der Waals surface area contributed by atoms with Crippen molar-refractivity contribution in [3.8, 4) is 11.1 Å². The third kappa shape index (κ3) is 6.98. The minimum atomic E-state index is -1.01. The van der Waals surface area contributed by atoms with Crippen molar-refractivity contribution in [3.63, 3.8) is 0 Å². The summed E-state index contributed by atoms with van der Waals surface area (Å²) in [6.07, 6.45) is 3.62.